The Labute approximate surface area is 157 Å². The van der Waals surface area contributed by atoms with Gasteiger partial charge in [-0.1, -0.05) is 0 Å². The van der Waals surface area contributed by atoms with Gasteiger partial charge in [0.25, 0.3) is 0 Å². The van der Waals surface area contributed by atoms with Gasteiger partial charge in [-0.25, -0.2) is 19.9 Å². The van der Waals surface area contributed by atoms with Gasteiger partial charge in [-0.15, -0.1) is 0 Å². The number of ether oxygens (including phenoxy) is 1. The summed E-state index contributed by atoms with van der Waals surface area (Å²) in [6.45, 7) is 3.93. The molecule has 4 heterocycles. The SMILES string of the molecule is COc1ccc(Nc2nccc(-c3ccc(N4CCNCC4)nc3)n2)cn1. The zero-order valence-electron chi connectivity index (χ0n) is 15.1. The topological polar surface area (TPSA) is 88.1 Å². The van der Waals surface area contributed by atoms with Crippen LogP contribution in [0.5, 0.6) is 5.88 Å². The van der Waals surface area contributed by atoms with Gasteiger partial charge in [0.05, 0.1) is 24.7 Å². The lowest BCUT2D eigenvalue weighted by Gasteiger charge is -2.28. The third-order valence-electron chi connectivity index (χ3n) is 4.34. The van der Waals surface area contributed by atoms with Crippen LogP contribution >= 0.6 is 0 Å². The van der Waals surface area contributed by atoms with Crippen LogP contribution in [-0.4, -0.2) is 53.2 Å². The smallest absolute Gasteiger partial charge is 0.227 e. The van der Waals surface area contributed by atoms with Crippen molar-refractivity contribution < 1.29 is 4.74 Å². The van der Waals surface area contributed by atoms with Crippen molar-refractivity contribution in [1.29, 1.82) is 0 Å². The quantitative estimate of drug-likeness (QED) is 0.712. The summed E-state index contributed by atoms with van der Waals surface area (Å²) in [7, 11) is 1.59. The fraction of sp³-hybridized carbons (Fsp3) is 0.263. The molecule has 0 bridgehead atoms. The minimum atomic E-state index is 0.505. The van der Waals surface area contributed by atoms with Gasteiger partial charge in [-0.2, -0.15) is 0 Å². The highest BCUT2D eigenvalue weighted by atomic mass is 16.5. The van der Waals surface area contributed by atoms with E-state index < -0.39 is 0 Å². The second-order valence-electron chi connectivity index (χ2n) is 6.12. The largest absolute Gasteiger partial charge is 0.481 e. The number of hydrogen-bond acceptors (Lipinski definition) is 8. The first-order valence-corrected chi connectivity index (χ1v) is 8.84. The van der Waals surface area contributed by atoms with Crippen LogP contribution in [0, 0.1) is 0 Å². The molecule has 4 rings (SSSR count). The van der Waals surface area contributed by atoms with Gasteiger partial charge in [0.1, 0.15) is 5.82 Å². The fourth-order valence-electron chi connectivity index (χ4n) is 2.90. The summed E-state index contributed by atoms with van der Waals surface area (Å²) < 4.78 is 5.07. The number of rotatable bonds is 5. The number of methoxy groups -OCH3 is 1. The van der Waals surface area contributed by atoms with E-state index in [1.165, 1.54) is 0 Å². The summed E-state index contributed by atoms with van der Waals surface area (Å²) >= 11 is 0. The van der Waals surface area contributed by atoms with Gasteiger partial charge in [0.15, 0.2) is 0 Å². The molecule has 1 fully saturated rings. The Morgan fingerprint density at radius 1 is 1.00 bits per heavy atom. The maximum Gasteiger partial charge on any atom is 0.227 e. The molecule has 1 aliphatic heterocycles. The third-order valence-corrected chi connectivity index (χ3v) is 4.34. The zero-order chi connectivity index (χ0) is 18.5. The van der Waals surface area contributed by atoms with Gasteiger partial charge < -0.3 is 20.3 Å². The number of anilines is 3. The Balaban J connectivity index is 1.49. The third kappa shape index (κ3) is 4.12. The number of piperazine rings is 1. The van der Waals surface area contributed by atoms with Gasteiger partial charge >= 0.3 is 0 Å². The van der Waals surface area contributed by atoms with Crippen molar-refractivity contribution in [3.05, 3.63) is 48.9 Å². The van der Waals surface area contributed by atoms with E-state index in [1.807, 2.05) is 30.5 Å². The van der Waals surface area contributed by atoms with Crippen LogP contribution < -0.4 is 20.3 Å². The molecule has 0 aliphatic carbocycles. The highest BCUT2D eigenvalue weighted by molar-refractivity contribution is 5.62. The molecular weight excluding hydrogens is 342 g/mol. The van der Waals surface area contributed by atoms with Crippen LogP contribution in [-0.2, 0) is 0 Å². The Morgan fingerprint density at radius 3 is 2.59 bits per heavy atom. The van der Waals surface area contributed by atoms with Crippen molar-refractivity contribution in [3.8, 4) is 17.1 Å². The summed E-state index contributed by atoms with van der Waals surface area (Å²) in [4.78, 5) is 19.9. The van der Waals surface area contributed by atoms with Crippen LogP contribution in [0.4, 0.5) is 17.5 Å². The molecule has 0 radical (unpaired) electrons. The van der Waals surface area contributed by atoms with Gasteiger partial charge in [0, 0.05) is 50.2 Å². The van der Waals surface area contributed by atoms with E-state index in [1.54, 1.807) is 25.6 Å². The van der Waals surface area contributed by atoms with Crippen molar-refractivity contribution in [2.45, 2.75) is 0 Å². The van der Waals surface area contributed by atoms with E-state index in [2.05, 4.69) is 35.5 Å². The van der Waals surface area contributed by atoms with E-state index in [0.717, 1.165) is 48.9 Å². The second-order valence-corrected chi connectivity index (χ2v) is 6.12. The monoisotopic (exact) mass is 363 g/mol. The van der Waals surface area contributed by atoms with Crippen LogP contribution in [0.15, 0.2) is 48.9 Å². The molecule has 0 amide bonds. The highest BCUT2D eigenvalue weighted by Crippen LogP contribution is 2.21. The molecule has 0 saturated carbocycles. The van der Waals surface area contributed by atoms with Crippen molar-refractivity contribution in [3.63, 3.8) is 0 Å². The Kier molecular flexibility index (Phi) is 5.06. The van der Waals surface area contributed by atoms with Crippen molar-refractivity contribution in [1.82, 2.24) is 25.3 Å². The first-order valence-electron chi connectivity index (χ1n) is 8.84. The molecule has 3 aromatic heterocycles. The molecular formula is C19H21N7O. The molecule has 8 heteroatoms. The fourth-order valence-corrected chi connectivity index (χ4v) is 2.90. The van der Waals surface area contributed by atoms with E-state index in [-0.39, 0.29) is 0 Å². The molecule has 27 heavy (non-hydrogen) atoms. The van der Waals surface area contributed by atoms with Crippen molar-refractivity contribution in [2.24, 2.45) is 0 Å². The van der Waals surface area contributed by atoms with Gasteiger partial charge in [-0.05, 0) is 24.3 Å². The minimum Gasteiger partial charge on any atom is -0.481 e. The van der Waals surface area contributed by atoms with E-state index >= 15 is 0 Å². The lowest BCUT2D eigenvalue weighted by molar-refractivity contribution is 0.398. The van der Waals surface area contributed by atoms with E-state index in [4.69, 9.17) is 4.74 Å². The first kappa shape index (κ1) is 17.2. The predicted octanol–water partition coefficient (Wildman–Crippen LogP) is 2.10. The molecule has 0 unspecified atom stereocenters. The normalized spacial score (nSPS) is 14.0. The molecule has 138 valence electrons. The van der Waals surface area contributed by atoms with Crippen molar-refractivity contribution in [2.75, 3.05) is 43.5 Å². The average Bonchev–Trinajstić information content (AvgIpc) is 2.75. The molecule has 3 aromatic rings. The zero-order valence-corrected chi connectivity index (χ0v) is 15.1. The van der Waals surface area contributed by atoms with Crippen LogP contribution in [0.2, 0.25) is 0 Å². The second kappa shape index (κ2) is 7.96. The molecule has 1 aliphatic rings. The predicted molar refractivity (Wildman–Crippen MR) is 104 cm³/mol. The minimum absolute atomic E-state index is 0.505. The average molecular weight is 363 g/mol. The molecule has 0 spiro atoms. The number of pyridine rings is 2. The highest BCUT2D eigenvalue weighted by Gasteiger charge is 2.12. The summed E-state index contributed by atoms with van der Waals surface area (Å²) in [5, 5.41) is 6.50. The Bertz CT molecular complexity index is 877. The molecule has 2 N–H and O–H groups in total. The number of aromatic nitrogens is 4. The molecule has 0 aromatic carbocycles. The standard InChI is InChI=1S/C19H21N7O/c1-27-18-5-3-15(13-23-18)24-19-21-7-6-16(25-19)14-2-4-17(22-12-14)26-10-8-20-9-11-26/h2-7,12-13,20H,8-11H2,1H3,(H,21,24,25). The summed E-state index contributed by atoms with van der Waals surface area (Å²) in [5.41, 5.74) is 2.56. The van der Waals surface area contributed by atoms with Crippen LogP contribution in [0.1, 0.15) is 0 Å². The van der Waals surface area contributed by atoms with Gasteiger partial charge in [-0.3, -0.25) is 0 Å². The Morgan fingerprint density at radius 2 is 1.89 bits per heavy atom. The Hall–Kier alpha value is -3.26. The van der Waals surface area contributed by atoms with Crippen LogP contribution in [0.25, 0.3) is 11.3 Å². The molecule has 8 nitrogen and oxygen atoms in total. The summed E-state index contributed by atoms with van der Waals surface area (Å²) in [5.74, 6) is 2.06. The maximum absolute atomic E-state index is 5.07. The number of nitrogens with zero attached hydrogens (tertiary/aromatic N) is 5. The first-order chi connectivity index (χ1) is 13.3. The van der Waals surface area contributed by atoms with Crippen LogP contribution in [0.3, 0.4) is 0 Å². The summed E-state index contributed by atoms with van der Waals surface area (Å²) in [6, 6.07) is 9.62. The van der Waals surface area contributed by atoms with Gasteiger partial charge in [0.2, 0.25) is 11.8 Å². The van der Waals surface area contributed by atoms with Crippen molar-refractivity contribution >= 4 is 17.5 Å². The number of hydrogen-bond donors (Lipinski definition) is 2. The lowest BCUT2D eigenvalue weighted by Crippen LogP contribution is -2.43. The molecule has 0 atom stereocenters. The number of nitrogens with one attached hydrogen (secondary N) is 2. The van der Waals surface area contributed by atoms with E-state index in [0.29, 0.717) is 11.8 Å². The molecule has 1 saturated heterocycles. The maximum atomic E-state index is 5.07. The lowest BCUT2D eigenvalue weighted by atomic mass is 10.2. The van der Waals surface area contributed by atoms with E-state index in [9.17, 15) is 0 Å². The summed E-state index contributed by atoms with van der Waals surface area (Å²) in [6.07, 6.45) is 5.27.